The zero-order chi connectivity index (χ0) is 18.1. The number of hydrogen-bond acceptors (Lipinski definition) is 5. The number of phenols is 1. The van der Waals surface area contributed by atoms with E-state index in [1.54, 1.807) is 6.20 Å². The van der Waals surface area contributed by atoms with Gasteiger partial charge in [-0.3, -0.25) is 14.9 Å². The Labute approximate surface area is 153 Å². The molecule has 3 aromatic rings. The molecule has 1 saturated heterocycles. The maximum Gasteiger partial charge on any atom is 0.146 e. The monoisotopic (exact) mass is 348 g/mol. The molecule has 1 unspecified atom stereocenters. The molecule has 1 fully saturated rings. The summed E-state index contributed by atoms with van der Waals surface area (Å²) in [5.74, 6) is 0.260. The molecule has 26 heavy (non-hydrogen) atoms. The second kappa shape index (κ2) is 7.02. The normalized spacial score (nSPS) is 17.5. The first kappa shape index (κ1) is 16.9. The van der Waals surface area contributed by atoms with Crippen LogP contribution in [-0.2, 0) is 0 Å². The maximum atomic E-state index is 11.0. The Morgan fingerprint density at radius 3 is 2.58 bits per heavy atom. The number of benzene rings is 1. The summed E-state index contributed by atoms with van der Waals surface area (Å²) in [5, 5.41) is 12.0. The molecule has 5 heteroatoms. The van der Waals surface area contributed by atoms with Crippen LogP contribution >= 0.6 is 0 Å². The third-order valence-electron chi connectivity index (χ3n) is 5.17. The first-order valence-electron chi connectivity index (χ1n) is 9.06. The van der Waals surface area contributed by atoms with Crippen LogP contribution in [0.4, 0.5) is 0 Å². The molecule has 134 valence electrons. The van der Waals surface area contributed by atoms with E-state index < -0.39 is 0 Å². The fourth-order valence-corrected chi connectivity index (χ4v) is 3.71. The summed E-state index contributed by atoms with van der Waals surface area (Å²) in [7, 11) is 2.15. The van der Waals surface area contributed by atoms with E-state index in [0.717, 1.165) is 48.5 Å². The molecule has 1 aliphatic heterocycles. The summed E-state index contributed by atoms with van der Waals surface area (Å²) in [6, 6.07) is 13.9. The molecule has 0 saturated carbocycles. The Bertz CT molecular complexity index is 919. The van der Waals surface area contributed by atoms with Crippen molar-refractivity contribution in [1.82, 2.24) is 19.8 Å². The van der Waals surface area contributed by atoms with Crippen molar-refractivity contribution < 1.29 is 5.11 Å². The van der Waals surface area contributed by atoms with Crippen molar-refractivity contribution in [3.8, 4) is 5.75 Å². The zero-order valence-corrected chi connectivity index (χ0v) is 15.3. The quantitative estimate of drug-likeness (QED) is 0.789. The molecule has 1 atom stereocenters. The number of hydrogen-bond donors (Lipinski definition) is 1. The molecular formula is C21H24N4O. The van der Waals surface area contributed by atoms with Gasteiger partial charge in [0.25, 0.3) is 0 Å². The lowest BCUT2D eigenvalue weighted by molar-refractivity contribution is 0.124. The van der Waals surface area contributed by atoms with Crippen molar-refractivity contribution in [2.24, 2.45) is 0 Å². The van der Waals surface area contributed by atoms with E-state index in [9.17, 15) is 5.11 Å². The SMILES string of the molecule is Cc1cccc(C(c2ccc3cccnc3c2O)N2CCN(C)CC2)n1. The summed E-state index contributed by atoms with van der Waals surface area (Å²) in [6.07, 6.45) is 1.72. The Hall–Kier alpha value is -2.50. The van der Waals surface area contributed by atoms with Gasteiger partial charge >= 0.3 is 0 Å². The maximum absolute atomic E-state index is 11.0. The van der Waals surface area contributed by atoms with Crippen LogP contribution < -0.4 is 0 Å². The average Bonchev–Trinajstić information content (AvgIpc) is 2.66. The van der Waals surface area contributed by atoms with Crippen molar-refractivity contribution >= 4 is 10.9 Å². The minimum Gasteiger partial charge on any atom is -0.505 e. The van der Waals surface area contributed by atoms with Crippen molar-refractivity contribution in [3.63, 3.8) is 0 Å². The fraction of sp³-hybridized carbons (Fsp3) is 0.333. The summed E-state index contributed by atoms with van der Waals surface area (Å²) in [4.78, 5) is 13.9. The van der Waals surface area contributed by atoms with Crippen LogP contribution in [0.2, 0.25) is 0 Å². The first-order chi connectivity index (χ1) is 12.6. The van der Waals surface area contributed by atoms with Gasteiger partial charge in [-0.2, -0.15) is 0 Å². The number of rotatable bonds is 3. The third-order valence-corrected chi connectivity index (χ3v) is 5.17. The molecule has 3 heterocycles. The number of aromatic hydroxyl groups is 1. The van der Waals surface area contributed by atoms with Crippen molar-refractivity contribution in [3.05, 3.63) is 65.6 Å². The molecule has 1 aromatic carbocycles. The van der Waals surface area contributed by atoms with Gasteiger partial charge < -0.3 is 10.0 Å². The Balaban J connectivity index is 1.84. The molecule has 1 aliphatic rings. The zero-order valence-electron chi connectivity index (χ0n) is 15.3. The molecule has 2 aromatic heterocycles. The van der Waals surface area contributed by atoms with Crippen molar-refractivity contribution in [1.29, 1.82) is 0 Å². The molecule has 0 spiro atoms. The Morgan fingerprint density at radius 1 is 1.00 bits per heavy atom. The van der Waals surface area contributed by atoms with Gasteiger partial charge in [-0.05, 0) is 32.2 Å². The lowest BCUT2D eigenvalue weighted by Gasteiger charge is -2.38. The summed E-state index contributed by atoms with van der Waals surface area (Å²) in [6.45, 7) is 5.91. The predicted molar refractivity (Wildman–Crippen MR) is 103 cm³/mol. The first-order valence-corrected chi connectivity index (χ1v) is 9.06. The Kier molecular flexibility index (Phi) is 4.57. The largest absolute Gasteiger partial charge is 0.505 e. The van der Waals surface area contributed by atoms with Crippen LogP contribution in [0.1, 0.15) is 23.0 Å². The van der Waals surface area contributed by atoms with E-state index in [0.29, 0.717) is 5.52 Å². The third kappa shape index (κ3) is 3.16. The predicted octanol–water partition coefficient (Wildman–Crippen LogP) is 2.98. The molecule has 0 aliphatic carbocycles. The smallest absolute Gasteiger partial charge is 0.146 e. The highest BCUT2D eigenvalue weighted by Gasteiger charge is 2.29. The second-order valence-corrected chi connectivity index (χ2v) is 7.02. The number of piperazine rings is 1. The van der Waals surface area contributed by atoms with Crippen molar-refractivity contribution in [2.75, 3.05) is 33.2 Å². The molecule has 4 rings (SSSR count). The lowest BCUT2D eigenvalue weighted by Crippen LogP contribution is -2.46. The van der Waals surface area contributed by atoms with E-state index in [1.807, 2.05) is 43.3 Å². The molecule has 1 N–H and O–H groups in total. The van der Waals surface area contributed by atoms with Gasteiger partial charge in [-0.15, -0.1) is 0 Å². The number of phenolic OH excluding ortho intramolecular Hbond substituents is 1. The number of aromatic nitrogens is 2. The van der Waals surface area contributed by atoms with Crippen LogP contribution in [0.25, 0.3) is 10.9 Å². The minimum atomic E-state index is -0.0741. The summed E-state index contributed by atoms with van der Waals surface area (Å²) >= 11 is 0. The van der Waals surface area contributed by atoms with Gasteiger partial charge in [0.05, 0.1) is 11.7 Å². The average molecular weight is 348 g/mol. The molecular weight excluding hydrogens is 324 g/mol. The van der Waals surface area contributed by atoms with Crippen LogP contribution in [0.15, 0.2) is 48.7 Å². The van der Waals surface area contributed by atoms with E-state index in [1.165, 1.54) is 0 Å². The van der Waals surface area contributed by atoms with E-state index in [2.05, 4.69) is 27.9 Å². The van der Waals surface area contributed by atoms with Crippen LogP contribution in [0, 0.1) is 6.92 Å². The van der Waals surface area contributed by atoms with Gasteiger partial charge in [-0.25, -0.2) is 0 Å². The highest BCUT2D eigenvalue weighted by molar-refractivity contribution is 5.85. The van der Waals surface area contributed by atoms with E-state index in [-0.39, 0.29) is 11.8 Å². The molecule has 0 radical (unpaired) electrons. The van der Waals surface area contributed by atoms with Gasteiger partial charge in [0, 0.05) is 49.0 Å². The van der Waals surface area contributed by atoms with Gasteiger partial charge in [0.2, 0.25) is 0 Å². The molecule has 0 amide bonds. The highest BCUT2D eigenvalue weighted by atomic mass is 16.3. The van der Waals surface area contributed by atoms with Crippen LogP contribution in [-0.4, -0.2) is 58.1 Å². The van der Waals surface area contributed by atoms with Gasteiger partial charge in [-0.1, -0.05) is 24.3 Å². The highest BCUT2D eigenvalue weighted by Crippen LogP contribution is 2.37. The topological polar surface area (TPSA) is 52.5 Å². The van der Waals surface area contributed by atoms with Crippen LogP contribution in [0.5, 0.6) is 5.75 Å². The standard InChI is InChI=1S/C21H24N4O/c1-15-5-3-7-18(23-15)20(25-13-11-24(2)12-14-25)17-9-8-16-6-4-10-22-19(16)21(17)26/h3-10,20,26H,11-14H2,1-2H3. The molecule has 5 nitrogen and oxygen atoms in total. The number of fused-ring (bicyclic) bond motifs is 1. The number of aryl methyl sites for hydroxylation is 1. The molecule has 0 bridgehead atoms. The van der Waals surface area contributed by atoms with Crippen molar-refractivity contribution in [2.45, 2.75) is 13.0 Å². The lowest BCUT2D eigenvalue weighted by atomic mass is 9.97. The Morgan fingerprint density at radius 2 is 1.81 bits per heavy atom. The van der Waals surface area contributed by atoms with Crippen LogP contribution in [0.3, 0.4) is 0 Å². The van der Waals surface area contributed by atoms with Gasteiger partial charge in [0.15, 0.2) is 0 Å². The van der Waals surface area contributed by atoms with E-state index in [4.69, 9.17) is 4.98 Å². The second-order valence-electron chi connectivity index (χ2n) is 7.02. The number of likely N-dealkylation sites (N-methyl/N-ethyl adjacent to an activating group) is 1. The summed E-state index contributed by atoms with van der Waals surface area (Å²) in [5.41, 5.74) is 3.48. The van der Waals surface area contributed by atoms with Gasteiger partial charge in [0.1, 0.15) is 11.3 Å². The minimum absolute atomic E-state index is 0.0741. The summed E-state index contributed by atoms with van der Waals surface area (Å²) < 4.78 is 0. The van der Waals surface area contributed by atoms with E-state index >= 15 is 0 Å². The number of nitrogens with zero attached hydrogens (tertiary/aromatic N) is 4. The number of pyridine rings is 2. The fourth-order valence-electron chi connectivity index (χ4n) is 3.71.